The van der Waals surface area contributed by atoms with E-state index in [0.717, 1.165) is 24.0 Å². The minimum Gasteiger partial charge on any atom is -0.444 e. The number of ether oxygens (including phenoxy) is 1. The van der Waals surface area contributed by atoms with Crippen LogP contribution in [0, 0.1) is 12.8 Å². The molecular formula is C27H45N3O4. The van der Waals surface area contributed by atoms with Crippen LogP contribution in [0.1, 0.15) is 91.8 Å². The van der Waals surface area contributed by atoms with Crippen LogP contribution in [-0.4, -0.2) is 47.0 Å². The topological polar surface area (TPSA) is 87.7 Å². The zero-order valence-electron chi connectivity index (χ0n) is 22.5. The van der Waals surface area contributed by atoms with Crippen molar-refractivity contribution >= 4 is 17.9 Å². The number of unbranched alkanes of at least 4 members (excludes halogenated alkanes) is 1. The third-order valence-electron chi connectivity index (χ3n) is 5.80. The molecule has 0 saturated heterocycles. The Labute approximate surface area is 206 Å². The van der Waals surface area contributed by atoms with Crippen molar-refractivity contribution in [2.75, 3.05) is 6.54 Å². The largest absolute Gasteiger partial charge is 0.444 e. The number of nitrogens with zero attached hydrogens (tertiary/aromatic N) is 1. The van der Waals surface area contributed by atoms with E-state index in [1.807, 2.05) is 58.9 Å². The van der Waals surface area contributed by atoms with Gasteiger partial charge in [-0.1, -0.05) is 57.9 Å². The van der Waals surface area contributed by atoms with E-state index in [1.165, 1.54) is 0 Å². The number of rotatable bonds is 11. The predicted octanol–water partition coefficient (Wildman–Crippen LogP) is 5.13. The highest BCUT2D eigenvalue weighted by atomic mass is 16.6. The molecule has 1 rings (SSSR count). The SMILES string of the molecule is CCCCNC(=O)C(c1ccccc1C)N(C(=O)C(NC(=O)OC(C)(C)C)C(C)CC)C(C)C. The number of hydrogen-bond donors (Lipinski definition) is 2. The summed E-state index contributed by atoms with van der Waals surface area (Å²) in [5.74, 6) is -0.666. The molecule has 0 aliphatic heterocycles. The number of hydrogen-bond acceptors (Lipinski definition) is 4. The molecule has 1 aromatic rings. The number of aryl methyl sites for hydroxylation is 1. The molecule has 0 heterocycles. The van der Waals surface area contributed by atoms with E-state index >= 15 is 0 Å². The van der Waals surface area contributed by atoms with Crippen LogP contribution in [-0.2, 0) is 14.3 Å². The molecule has 0 spiro atoms. The van der Waals surface area contributed by atoms with Gasteiger partial charge < -0.3 is 20.3 Å². The summed E-state index contributed by atoms with van der Waals surface area (Å²) in [6, 6.07) is 5.72. The Morgan fingerprint density at radius 2 is 1.68 bits per heavy atom. The first kappa shape index (κ1) is 29.5. The molecule has 0 aliphatic carbocycles. The quantitative estimate of drug-likeness (QED) is 0.434. The van der Waals surface area contributed by atoms with Crippen molar-refractivity contribution in [1.29, 1.82) is 0 Å². The van der Waals surface area contributed by atoms with Crippen LogP contribution in [0.25, 0.3) is 0 Å². The molecule has 7 nitrogen and oxygen atoms in total. The van der Waals surface area contributed by atoms with Crippen LogP contribution in [0.4, 0.5) is 4.79 Å². The maximum absolute atomic E-state index is 14.0. The number of nitrogens with one attached hydrogen (secondary N) is 2. The fourth-order valence-electron chi connectivity index (χ4n) is 3.75. The Morgan fingerprint density at radius 3 is 2.18 bits per heavy atom. The highest BCUT2D eigenvalue weighted by Gasteiger charge is 2.39. The Morgan fingerprint density at radius 1 is 1.06 bits per heavy atom. The van der Waals surface area contributed by atoms with Gasteiger partial charge in [-0.2, -0.15) is 0 Å². The van der Waals surface area contributed by atoms with Gasteiger partial charge in [0.25, 0.3) is 0 Å². The van der Waals surface area contributed by atoms with Crippen LogP contribution >= 0.6 is 0 Å². The van der Waals surface area contributed by atoms with Gasteiger partial charge in [-0.25, -0.2) is 4.79 Å². The molecule has 34 heavy (non-hydrogen) atoms. The number of benzene rings is 1. The molecule has 3 amide bonds. The van der Waals surface area contributed by atoms with Crippen LogP contribution in [0.5, 0.6) is 0 Å². The lowest BCUT2D eigenvalue weighted by Gasteiger charge is -2.39. The summed E-state index contributed by atoms with van der Waals surface area (Å²) in [6.45, 7) is 17.6. The molecule has 3 atom stereocenters. The zero-order chi connectivity index (χ0) is 26.1. The van der Waals surface area contributed by atoms with Crippen molar-refractivity contribution in [3.8, 4) is 0 Å². The number of carbonyl (C=O) groups excluding carboxylic acids is 3. The average molecular weight is 476 g/mol. The van der Waals surface area contributed by atoms with Gasteiger partial charge >= 0.3 is 6.09 Å². The van der Waals surface area contributed by atoms with Gasteiger partial charge in [0.15, 0.2) is 0 Å². The zero-order valence-corrected chi connectivity index (χ0v) is 22.5. The molecule has 192 valence electrons. The molecule has 0 aromatic heterocycles. The fraction of sp³-hybridized carbons (Fsp3) is 0.667. The molecular weight excluding hydrogens is 430 g/mol. The van der Waals surface area contributed by atoms with E-state index in [0.29, 0.717) is 13.0 Å². The maximum atomic E-state index is 14.0. The van der Waals surface area contributed by atoms with Crippen LogP contribution in [0.3, 0.4) is 0 Å². The summed E-state index contributed by atoms with van der Waals surface area (Å²) < 4.78 is 5.43. The van der Waals surface area contributed by atoms with E-state index in [4.69, 9.17) is 4.74 Å². The van der Waals surface area contributed by atoms with Crippen LogP contribution < -0.4 is 10.6 Å². The monoisotopic (exact) mass is 475 g/mol. The third-order valence-corrected chi connectivity index (χ3v) is 5.80. The molecule has 7 heteroatoms. The first-order chi connectivity index (χ1) is 15.8. The smallest absolute Gasteiger partial charge is 0.408 e. The lowest BCUT2D eigenvalue weighted by molar-refractivity contribution is -0.145. The molecule has 0 bridgehead atoms. The molecule has 1 aromatic carbocycles. The highest BCUT2D eigenvalue weighted by molar-refractivity contribution is 5.92. The Hall–Kier alpha value is -2.57. The summed E-state index contributed by atoms with van der Waals surface area (Å²) in [7, 11) is 0. The van der Waals surface area contributed by atoms with Crippen molar-refractivity contribution in [3.63, 3.8) is 0 Å². The first-order valence-corrected chi connectivity index (χ1v) is 12.5. The van der Waals surface area contributed by atoms with Crippen molar-refractivity contribution in [2.45, 2.75) is 105 Å². The average Bonchev–Trinajstić information content (AvgIpc) is 2.74. The summed E-state index contributed by atoms with van der Waals surface area (Å²) in [4.78, 5) is 41.7. The second kappa shape index (κ2) is 13.4. The fourth-order valence-corrected chi connectivity index (χ4v) is 3.75. The van der Waals surface area contributed by atoms with Crippen molar-refractivity contribution in [1.82, 2.24) is 15.5 Å². The Bertz CT molecular complexity index is 816. The molecule has 0 fully saturated rings. The number of alkyl carbamates (subject to hydrolysis) is 1. The molecule has 3 unspecified atom stereocenters. The minimum atomic E-state index is -0.822. The highest BCUT2D eigenvalue weighted by Crippen LogP contribution is 2.28. The van der Waals surface area contributed by atoms with E-state index in [-0.39, 0.29) is 23.8 Å². The van der Waals surface area contributed by atoms with E-state index in [2.05, 4.69) is 17.6 Å². The van der Waals surface area contributed by atoms with Gasteiger partial charge in [0, 0.05) is 12.6 Å². The molecule has 0 saturated carbocycles. The van der Waals surface area contributed by atoms with Crippen molar-refractivity contribution in [2.24, 2.45) is 5.92 Å². The third kappa shape index (κ3) is 8.65. The Balaban J connectivity index is 3.45. The molecule has 0 aliphatic rings. The van der Waals surface area contributed by atoms with Gasteiger partial charge in [0.05, 0.1) is 0 Å². The van der Waals surface area contributed by atoms with Crippen LogP contribution in [0.15, 0.2) is 24.3 Å². The number of carbonyl (C=O) groups is 3. The maximum Gasteiger partial charge on any atom is 0.408 e. The van der Waals surface area contributed by atoms with E-state index < -0.39 is 23.8 Å². The molecule has 0 radical (unpaired) electrons. The molecule has 2 N–H and O–H groups in total. The van der Waals surface area contributed by atoms with E-state index in [9.17, 15) is 14.4 Å². The lowest BCUT2D eigenvalue weighted by Crippen LogP contribution is -2.57. The Kier molecular flexibility index (Phi) is 11.6. The normalized spacial score (nSPS) is 14.2. The van der Waals surface area contributed by atoms with Crippen molar-refractivity contribution in [3.05, 3.63) is 35.4 Å². The first-order valence-electron chi connectivity index (χ1n) is 12.5. The van der Waals surface area contributed by atoms with Gasteiger partial charge in [-0.3, -0.25) is 9.59 Å². The van der Waals surface area contributed by atoms with Gasteiger partial charge in [-0.15, -0.1) is 0 Å². The summed E-state index contributed by atoms with van der Waals surface area (Å²) in [5.41, 5.74) is 1.02. The second-order valence-corrected chi connectivity index (χ2v) is 10.3. The second-order valence-electron chi connectivity index (χ2n) is 10.3. The van der Waals surface area contributed by atoms with Crippen molar-refractivity contribution < 1.29 is 19.1 Å². The summed E-state index contributed by atoms with van der Waals surface area (Å²) >= 11 is 0. The minimum absolute atomic E-state index is 0.151. The summed E-state index contributed by atoms with van der Waals surface area (Å²) in [5, 5.41) is 5.80. The van der Waals surface area contributed by atoms with Gasteiger partial charge in [-0.05, 0) is 65.0 Å². The lowest BCUT2D eigenvalue weighted by atomic mass is 9.93. The summed E-state index contributed by atoms with van der Waals surface area (Å²) in [6.07, 6.45) is 1.85. The van der Waals surface area contributed by atoms with Crippen LogP contribution in [0.2, 0.25) is 0 Å². The predicted molar refractivity (Wildman–Crippen MR) is 136 cm³/mol. The standard InChI is InChI=1S/C27H45N3O4/c1-10-12-17-28-24(31)23(21-16-14-13-15-20(21)6)30(18(3)4)25(32)22(19(5)11-2)29-26(33)34-27(7,8)9/h13-16,18-19,22-23H,10-12,17H2,1-9H3,(H,28,31)(H,29,33). The van der Waals surface area contributed by atoms with Gasteiger partial charge in [0.1, 0.15) is 17.7 Å². The number of amides is 3. The van der Waals surface area contributed by atoms with Gasteiger partial charge in [0.2, 0.25) is 11.8 Å². The van der Waals surface area contributed by atoms with E-state index in [1.54, 1.807) is 25.7 Å².